The number of rotatable bonds is 4. The lowest BCUT2D eigenvalue weighted by molar-refractivity contribution is -0.135. The molecule has 0 aromatic heterocycles. The largest absolute Gasteiger partial charge is 0.369 e. The molecule has 2 heterocycles. The van der Waals surface area contributed by atoms with Crippen LogP contribution in [0.15, 0.2) is 66.9 Å². The van der Waals surface area contributed by atoms with Crippen LogP contribution in [0.1, 0.15) is 11.6 Å². The van der Waals surface area contributed by atoms with Crippen molar-refractivity contribution in [2.45, 2.75) is 6.04 Å². The van der Waals surface area contributed by atoms with Crippen LogP contribution in [0.5, 0.6) is 0 Å². The number of nitrogens with zero attached hydrogens (tertiary/aromatic N) is 3. The van der Waals surface area contributed by atoms with Gasteiger partial charge in [0.1, 0.15) is 5.82 Å². The molecular weight excluding hydrogens is 343 g/mol. The molecule has 5 nitrogen and oxygen atoms in total. The second-order valence-electron chi connectivity index (χ2n) is 6.85. The molecule has 0 bridgehead atoms. The number of hydrazine groups is 1. The summed E-state index contributed by atoms with van der Waals surface area (Å²) >= 11 is 0. The van der Waals surface area contributed by atoms with Crippen LogP contribution in [0.3, 0.4) is 0 Å². The number of hydrogen-bond acceptors (Lipinski definition) is 4. The number of nitrogens with one attached hydrogen (secondary N) is 1. The Morgan fingerprint density at radius 3 is 2.41 bits per heavy atom. The summed E-state index contributed by atoms with van der Waals surface area (Å²) in [6.45, 7) is 3.65. The molecule has 1 saturated heterocycles. The first-order chi connectivity index (χ1) is 13.2. The van der Waals surface area contributed by atoms with Gasteiger partial charge in [0.15, 0.2) is 0 Å². The standard InChI is InChI=1S/C21H23FN4O/c22-18-6-8-19(9-7-18)25-14-12-24(13-15-25)16-21(27)26-20(10-11-23-26)17-4-2-1-3-5-17/h1-11,20,23H,12-16H2/t20-/m0/s1. The van der Waals surface area contributed by atoms with Gasteiger partial charge in [-0.25, -0.2) is 9.40 Å². The molecule has 2 aromatic carbocycles. The normalized spacial score (nSPS) is 20.0. The van der Waals surface area contributed by atoms with Crippen LogP contribution < -0.4 is 10.3 Å². The van der Waals surface area contributed by atoms with E-state index in [1.807, 2.05) is 42.6 Å². The summed E-state index contributed by atoms with van der Waals surface area (Å²) in [4.78, 5) is 17.2. The quantitative estimate of drug-likeness (QED) is 0.903. The van der Waals surface area contributed by atoms with E-state index in [-0.39, 0.29) is 17.8 Å². The lowest BCUT2D eigenvalue weighted by Gasteiger charge is -2.36. The van der Waals surface area contributed by atoms with Gasteiger partial charge in [0.2, 0.25) is 0 Å². The highest BCUT2D eigenvalue weighted by molar-refractivity contribution is 5.79. The fourth-order valence-electron chi connectivity index (χ4n) is 3.60. The van der Waals surface area contributed by atoms with Crippen LogP contribution in [0.2, 0.25) is 0 Å². The third-order valence-corrected chi connectivity index (χ3v) is 5.10. The summed E-state index contributed by atoms with van der Waals surface area (Å²) in [7, 11) is 0. The van der Waals surface area contributed by atoms with Crippen molar-refractivity contribution < 1.29 is 9.18 Å². The van der Waals surface area contributed by atoms with Crippen molar-refractivity contribution in [3.63, 3.8) is 0 Å². The first kappa shape index (κ1) is 17.5. The van der Waals surface area contributed by atoms with Crippen molar-refractivity contribution in [1.82, 2.24) is 15.3 Å². The Labute approximate surface area is 158 Å². The van der Waals surface area contributed by atoms with Gasteiger partial charge in [-0.05, 0) is 35.9 Å². The Hall–Kier alpha value is -2.86. The molecule has 140 valence electrons. The van der Waals surface area contributed by atoms with E-state index in [1.54, 1.807) is 17.1 Å². The van der Waals surface area contributed by atoms with E-state index < -0.39 is 0 Å². The molecule has 4 rings (SSSR count). The van der Waals surface area contributed by atoms with E-state index in [0.29, 0.717) is 6.54 Å². The van der Waals surface area contributed by atoms with Gasteiger partial charge in [-0.15, -0.1) is 0 Å². The monoisotopic (exact) mass is 366 g/mol. The minimum Gasteiger partial charge on any atom is -0.369 e. The Morgan fingerprint density at radius 2 is 1.70 bits per heavy atom. The summed E-state index contributed by atoms with van der Waals surface area (Å²) in [5.41, 5.74) is 5.18. The fourth-order valence-corrected chi connectivity index (χ4v) is 3.60. The lowest BCUT2D eigenvalue weighted by Crippen LogP contribution is -2.51. The summed E-state index contributed by atoms with van der Waals surface area (Å²) in [6, 6.07) is 16.5. The second kappa shape index (κ2) is 7.80. The number of carbonyl (C=O) groups excluding carboxylic acids is 1. The Kier molecular flexibility index (Phi) is 5.07. The number of benzene rings is 2. The summed E-state index contributed by atoms with van der Waals surface area (Å²) in [5.74, 6) is -0.160. The number of hydrogen-bond donors (Lipinski definition) is 1. The molecule has 0 spiro atoms. The maximum atomic E-state index is 13.1. The van der Waals surface area contributed by atoms with Crippen LogP contribution in [0, 0.1) is 5.82 Å². The van der Waals surface area contributed by atoms with Crippen molar-refractivity contribution in [3.05, 3.63) is 78.3 Å². The highest BCUT2D eigenvalue weighted by Crippen LogP contribution is 2.24. The minimum absolute atomic E-state index is 0.0593. The minimum atomic E-state index is -0.220. The number of anilines is 1. The van der Waals surface area contributed by atoms with E-state index in [2.05, 4.69) is 15.2 Å². The number of piperazine rings is 1. The first-order valence-electron chi connectivity index (χ1n) is 9.23. The highest BCUT2D eigenvalue weighted by Gasteiger charge is 2.28. The smallest absolute Gasteiger partial charge is 0.255 e. The van der Waals surface area contributed by atoms with Crippen LogP contribution in [0.4, 0.5) is 10.1 Å². The number of halogens is 1. The number of carbonyl (C=O) groups is 1. The van der Waals surface area contributed by atoms with Crippen LogP contribution in [-0.2, 0) is 4.79 Å². The van der Waals surface area contributed by atoms with Crippen molar-refractivity contribution in [1.29, 1.82) is 0 Å². The lowest BCUT2D eigenvalue weighted by atomic mass is 10.1. The van der Waals surface area contributed by atoms with Gasteiger partial charge in [-0.2, -0.15) is 0 Å². The molecule has 0 aliphatic carbocycles. The summed E-state index contributed by atoms with van der Waals surface area (Å²) < 4.78 is 13.1. The van der Waals surface area contributed by atoms with Crippen molar-refractivity contribution in [3.8, 4) is 0 Å². The van der Waals surface area contributed by atoms with Gasteiger partial charge in [-0.1, -0.05) is 30.3 Å². The molecule has 1 amide bonds. The molecule has 2 aromatic rings. The van der Waals surface area contributed by atoms with E-state index in [4.69, 9.17) is 0 Å². The maximum absolute atomic E-state index is 13.1. The third-order valence-electron chi connectivity index (χ3n) is 5.10. The van der Waals surface area contributed by atoms with Crippen LogP contribution in [-0.4, -0.2) is 48.5 Å². The Morgan fingerprint density at radius 1 is 1.00 bits per heavy atom. The Bertz CT molecular complexity index is 801. The number of amides is 1. The highest BCUT2D eigenvalue weighted by atomic mass is 19.1. The SMILES string of the molecule is O=C(CN1CCN(c2ccc(F)cc2)CC1)N1NC=C[C@H]1c1ccccc1. The molecule has 6 heteroatoms. The average Bonchev–Trinajstić information content (AvgIpc) is 3.20. The van der Waals surface area contributed by atoms with Gasteiger partial charge in [0.25, 0.3) is 5.91 Å². The van der Waals surface area contributed by atoms with Crippen LogP contribution >= 0.6 is 0 Å². The zero-order valence-corrected chi connectivity index (χ0v) is 15.1. The third kappa shape index (κ3) is 3.95. The van der Waals surface area contributed by atoms with Gasteiger partial charge in [0.05, 0.1) is 12.6 Å². The van der Waals surface area contributed by atoms with Crippen molar-refractivity contribution >= 4 is 11.6 Å². The molecule has 0 saturated carbocycles. The van der Waals surface area contributed by atoms with Crippen molar-refractivity contribution in [2.24, 2.45) is 0 Å². The molecule has 1 N–H and O–H groups in total. The Balaban J connectivity index is 1.32. The van der Waals surface area contributed by atoms with Gasteiger partial charge in [-0.3, -0.25) is 9.69 Å². The van der Waals surface area contributed by atoms with E-state index in [9.17, 15) is 9.18 Å². The van der Waals surface area contributed by atoms with E-state index >= 15 is 0 Å². The van der Waals surface area contributed by atoms with Crippen LogP contribution in [0.25, 0.3) is 0 Å². The predicted octanol–water partition coefficient (Wildman–Crippen LogP) is 2.55. The molecule has 0 unspecified atom stereocenters. The molecule has 2 aliphatic heterocycles. The molecule has 1 atom stereocenters. The van der Waals surface area contributed by atoms with E-state index in [1.165, 1.54) is 12.1 Å². The first-order valence-corrected chi connectivity index (χ1v) is 9.23. The fraction of sp³-hybridized carbons (Fsp3) is 0.286. The second-order valence-corrected chi connectivity index (χ2v) is 6.85. The van der Waals surface area contributed by atoms with Gasteiger partial charge in [0, 0.05) is 38.1 Å². The summed E-state index contributed by atoms with van der Waals surface area (Å²) in [6.07, 6.45) is 3.82. The van der Waals surface area contributed by atoms with Gasteiger partial charge >= 0.3 is 0 Å². The molecular formula is C21H23FN4O. The molecule has 2 aliphatic rings. The topological polar surface area (TPSA) is 38.8 Å². The summed E-state index contributed by atoms with van der Waals surface area (Å²) in [5, 5.41) is 1.70. The predicted molar refractivity (Wildman–Crippen MR) is 103 cm³/mol. The van der Waals surface area contributed by atoms with Crippen molar-refractivity contribution in [2.75, 3.05) is 37.6 Å². The molecule has 0 radical (unpaired) electrons. The average molecular weight is 366 g/mol. The van der Waals surface area contributed by atoms with Gasteiger partial charge < -0.3 is 10.3 Å². The van der Waals surface area contributed by atoms with E-state index in [0.717, 1.165) is 37.4 Å². The maximum Gasteiger partial charge on any atom is 0.255 e. The molecule has 27 heavy (non-hydrogen) atoms. The molecule has 1 fully saturated rings. The zero-order chi connectivity index (χ0) is 18.6. The zero-order valence-electron chi connectivity index (χ0n) is 15.1.